The average molecular weight is 399 g/mol. The number of hydrogen-bond acceptors (Lipinski definition) is 6. The first-order valence-corrected chi connectivity index (χ1v) is 10.1. The van der Waals surface area contributed by atoms with Gasteiger partial charge in [0.15, 0.2) is 5.65 Å². The van der Waals surface area contributed by atoms with E-state index in [4.69, 9.17) is 15.2 Å². The van der Waals surface area contributed by atoms with E-state index in [9.17, 15) is 5.11 Å². The van der Waals surface area contributed by atoms with Crippen LogP contribution in [-0.4, -0.2) is 32.7 Å². The molecule has 30 heavy (non-hydrogen) atoms. The minimum Gasteiger partial charge on any atom is -0.388 e. The molecule has 0 spiro atoms. The molecule has 0 fully saturated rings. The van der Waals surface area contributed by atoms with Crippen LogP contribution >= 0.6 is 0 Å². The van der Waals surface area contributed by atoms with E-state index < -0.39 is 6.10 Å². The highest BCUT2D eigenvalue weighted by Gasteiger charge is 2.18. The Morgan fingerprint density at radius 3 is 2.53 bits per heavy atom. The normalized spacial score (nSPS) is 14.5. The van der Waals surface area contributed by atoms with Crippen LogP contribution in [0.4, 0.5) is 5.82 Å². The maximum atomic E-state index is 10.6. The predicted octanol–water partition coefficient (Wildman–Crippen LogP) is 4.05. The summed E-state index contributed by atoms with van der Waals surface area (Å²) < 4.78 is 0. The van der Waals surface area contributed by atoms with Gasteiger partial charge in [0.1, 0.15) is 5.82 Å². The minimum absolute atomic E-state index is 0.388. The molecule has 2 aromatic heterocycles. The average Bonchev–Trinajstić information content (AvgIpc) is 3.24. The Bertz CT molecular complexity index is 1130. The van der Waals surface area contributed by atoms with Gasteiger partial charge in [-0.1, -0.05) is 12.1 Å². The van der Waals surface area contributed by atoms with Crippen molar-refractivity contribution in [3.63, 3.8) is 0 Å². The van der Waals surface area contributed by atoms with Crippen LogP contribution in [0.25, 0.3) is 11.0 Å². The molecular formula is C24H25N5O. The molecule has 1 aromatic carbocycles. The number of benzene rings is 1. The van der Waals surface area contributed by atoms with Gasteiger partial charge in [-0.2, -0.15) is 5.26 Å². The van der Waals surface area contributed by atoms with E-state index in [0.717, 1.165) is 34.7 Å². The summed E-state index contributed by atoms with van der Waals surface area (Å²) in [6, 6.07) is 15.6. The topological polar surface area (TPSA) is 76.3 Å². The van der Waals surface area contributed by atoms with Crippen molar-refractivity contribution in [3.05, 3.63) is 77.2 Å². The molecule has 0 bridgehead atoms. The molecule has 1 aliphatic heterocycles. The Morgan fingerprint density at radius 2 is 1.87 bits per heavy atom. The standard InChI is InChI=1S/C24H25N5O/c1-16(2)28-10-11-29(15-28)23-9-8-21-17(3)12-20(26-24(21)27-23)13-22(30)19-6-4-18(14-25)5-7-19/h4-12,16,22,30H,13,15H2,1-3H3. The quantitative estimate of drug-likeness (QED) is 0.698. The largest absolute Gasteiger partial charge is 0.388 e. The number of aliphatic hydroxyl groups excluding tert-OH is 1. The van der Waals surface area contributed by atoms with E-state index in [1.807, 2.05) is 25.3 Å². The van der Waals surface area contributed by atoms with Crippen LogP contribution in [0.1, 0.15) is 42.3 Å². The zero-order chi connectivity index (χ0) is 21.3. The second kappa shape index (κ2) is 8.13. The van der Waals surface area contributed by atoms with Crippen LogP contribution in [0.15, 0.2) is 54.9 Å². The van der Waals surface area contributed by atoms with E-state index in [2.05, 4.69) is 42.0 Å². The number of anilines is 1. The SMILES string of the molecule is Cc1cc(CC(O)c2ccc(C#N)cc2)nc2nc(N3C=CN(C(C)C)C3)ccc12. The summed E-state index contributed by atoms with van der Waals surface area (Å²) in [5.41, 5.74) is 3.91. The van der Waals surface area contributed by atoms with Crippen molar-refractivity contribution in [2.45, 2.75) is 39.3 Å². The Morgan fingerprint density at radius 1 is 1.10 bits per heavy atom. The zero-order valence-electron chi connectivity index (χ0n) is 17.4. The van der Waals surface area contributed by atoms with Gasteiger partial charge < -0.3 is 14.9 Å². The maximum absolute atomic E-state index is 10.6. The first kappa shape index (κ1) is 19.9. The summed E-state index contributed by atoms with van der Waals surface area (Å²) in [4.78, 5) is 13.9. The number of hydrogen-bond donors (Lipinski definition) is 1. The maximum Gasteiger partial charge on any atom is 0.162 e. The first-order chi connectivity index (χ1) is 14.4. The van der Waals surface area contributed by atoms with Gasteiger partial charge in [-0.25, -0.2) is 9.97 Å². The third-order valence-corrected chi connectivity index (χ3v) is 5.46. The summed E-state index contributed by atoms with van der Waals surface area (Å²) in [6.07, 6.45) is 3.82. The van der Waals surface area contributed by atoms with Crippen molar-refractivity contribution in [3.8, 4) is 6.07 Å². The van der Waals surface area contributed by atoms with E-state index in [0.29, 0.717) is 23.7 Å². The molecule has 0 radical (unpaired) electrons. The number of aliphatic hydroxyl groups is 1. The number of aromatic nitrogens is 2. The van der Waals surface area contributed by atoms with Gasteiger partial charge in [0.25, 0.3) is 0 Å². The lowest BCUT2D eigenvalue weighted by atomic mass is 10.0. The van der Waals surface area contributed by atoms with Crippen LogP contribution in [0, 0.1) is 18.3 Å². The van der Waals surface area contributed by atoms with Crippen LogP contribution in [0.5, 0.6) is 0 Å². The molecule has 3 aromatic rings. The van der Waals surface area contributed by atoms with Crippen LogP contribution in [0.2, 0.25) is 0 Å². The highest BCUT2D eigenvalue weighted by atomic mass is 16.3. The van der Waals surface area contributed by atoms with Crippen molar-refractivity contribution < 1.29 is 5.11 Å². The van der Waals surface area contributed by atoms with Crippen LogP contribution < -0.4 is 4.90 Å². The van der Waals surface area contributed by atoms with Gasteiger partial charge in [-0.3, -0.25) is 0 Å². The predicted molar refractivity (Wildman–Crippen MR) is 118 cm³/mol. The van der Waals surface area contributed by atoms with E-state index >= 15 is 0 Å². The molecule has 0 aliphatic carbocycles. The van der Waals surface area contributed by atoms with Crippen LogP contribution in [-0.2, 0) is 6.42 Å². The number of aryl methyl sites for hydroxylation is 1. The zero-order valence-corrected chi connectivity index (χ0v) is 17.4. The molecule has 3 heterocycles. The summed E-state index contributed by atoms with van der Waals surface area (Å²) in [7, 11) is 0. The van der Waals surface area contributed by atoms with Gasteiger partial charge in [-0.05, 0) is 62.2 Å². The molecule has 0 saturated heterocycles. The molecule has 6 nitrogen and oxygen atoms in total. The lowest BCUT2D eigenvalue weighted by molar-refractivity contribution is 0.177. The molecule has 152 valence electrons. The second-order valence-electron chi connectivity index (χ2n) is 7.94. The fourth-order valence-corrected chi connectivity index (χ4v) is 3.61. The number of pyridine rings is 2. The van der Waals surface area contributed by atoms with Gasteiger partial charge in [0.05, 0.1) is 24.4 Å². The fourth-order valence-electron chi connectivity index (χ4n) is 3.61. The number of nitrogens with zero attached hydrogens (tertiary/aromatic N) is 5. The van der Waals surface area contributed by atoms with Gasteiger partial charge >= 0.3 is 0 Å². The highest BCUT2D eigenvalue weighted by Crippen LogP contribution is 2.25. The number of fused-ring (bicyclic) bond motifs is 1. The number of rotatable bonds is 5. The third kappa shape index (κ3) is 3.98. The van der Waals surface area contributed by atoms with Gasteiger partial charge in [0.2, 0.25) is 0 Å². The summed E-state index contributed by atoms with van der Waals surface area (Å²) >= 11 is 0. The molecule has 1 unspecified atom stereocenters. The Labute approximate surface area is 176 Å². The van der Waals surface area contributed by atoms with Crippen LogP contribution in [0.3, 0.4) is 0 Å². The first-order valence-electron chi connectivity index (χ1n) is 10.1. The summed E-state index contributed by atoms with van der Waals surface area (Å²) in [5.74, 6) is 0.860. The summed E-state index contributed by atoms with van der Waals surface area (Å²) in [6.45, 7) is 7.14. The lowest BCUT2D eigenvalue weighted by Crippen LogP contribution is -2.30. The fraction of sp³-hybridized carbons (Fsp3) is 0.292. The Balaban J connectivity index is 1.58. The highest BCUT2D eigenvalue weighted by molar-refractivity contribution is 5.80. The lowest BCUT2D eigenvalue weighted by Gasteiger charge is -2.24. The smallest absolute Gasteiger partial charge is 0.162 e. The Hall–Kier alpha value is -3.43. The molecule has 1 aliphatic rings. The Kier molecular flexibility index (Phi) is 5.39. The van der Waals surface area contributed by atoms with E-state index in [1.54, 1.807) is 24.3 Å². The second-order valence-corrected chi connectivity index (χ2v) is 7.94. The molecule has 1 atom stereocenters. The molecular weight excluding hydrogens is 374 g/mol. The number of nitriles is 1. The molecule has 0 saturated carbocycles. The molecule has 4 rings (SSSR count). The van der Waals surface area contributed by atoms with Crippen molar-refractivity contribution in [2.75, 3.05) is 11.6 Å². The third-order valence-electron chi connectivity index (χ3n) is 5.46. The van der Waals surface area contributed by atoms with Gasteiger partial charge in [-0.15, -0.1) is 0 Å². The van der Waals surface area contributed by atoms with Crippen molar-refractivity contribution in [1.82, 2.24) is 14.9 Å². The minimum atomic E-state index is -0.689. The van der Waals surface area contributed by atoms with Crippen molar-refractivity contribution >= 4 is 16.9 Å². The van der Waals surface area contributed by atoms with Crippen molar-refractivity contribution in [1.29, 1.82) is 5.26 Å². The van der Waals surface area contributed by atoms with Crippen molar-refractivity contribution in [2.24, 2.45) is 0 Å². The molecule has 1 N–H and O–H groups in total. The molecule has 0 amide bonds. The molecule has 6 heteroatoms. The summed E-state index contributed by atoms with van der Waals surface area (Å²) in [5, 5.41) is 20.6. The van der Waals surface area contributed by atoms with E-state index in [1.165, 1.54) is 0 Å². The van der Waals surface area contributed by atoms with Gasteiger partial charge in [0, 0.05) is 35.9 Å². The van der Waals surface area contributed by atoms with E-state index in [-0.39, 0.29) is 0 Å². The monoisotopic (exact) mass is 399 g/mol.